The molecule has 214 valence electrons. The minimum atomic E-state index is -4.58. The molecule has 41 heavy (non-hydrogen) atoms. The van der Waals surface area contributed by atoms with Crippen molar-refractivity contribution in [2.45, 2.75) is 43.6 Å². The van der Waals surface area contributed by atoms with E-state index in [-0.39, 0.29) is 54.5 Å². The van der Waals surface area contributed by atoms with Crippen LogP contribution < -0.4 is 10.6 Å². The monoisotopic (exact) mass is 567 g/mol. The fraction of sp³-hybridized carbons (Fsp3) is 0.357. The highest BCUT2D eigenvalue weighted by atomic mass is 19.4. The van der Waals surface area contributed by atoms with Crippen molar-refractivity contribution in [3.63, 3.8) is 0 Å². The number of morpholine rings is 1. The number of carbonyl (C=O) groups is 1. The molecule has 3 atom stereocenters. The van der Waals surface area contributed by atoms with E-state index in [1.807, 2.05) is 12.1 Å². The zero-order valence-electron chi connectivity index (χ0n) is 21.9. The van der Waals surface area contributed by atoms with Crippen LogP contribution >= 0.6 is 0 Å². The molecule has 2 bridgehead atoms. The fourth-order valence-electron chi connectivity index (χ4n) is 5.62. The number of alkyl halides is 3. The number of aliphatic hydroxyl groups is 1. The average molecular weight is 568 g/mol. The molecule has 2 aliphatic rings. The van der Waals surface area contributed by atoms with Gasteiger partial charge >= 0.3 is 12.2 Å². The Bertz CT molecular complexity index is 1510. The Morgan fingerprint density at radius 3 is 2.27 bits per heavy atom. The second kappa shape index (κ2) is 11.1. The van der Waals surface area contributed by atoms with Crippen molar-refractivity contribution < 1.29 is 27.8 Å². The van der Waals surface area contributed by atoms with Crippen LogP contribution in [0.15, 0.2) is 54.7 Å². The van der Waals surface area contributed by atoms with E-state index in [1.54, 1.807) is 36.4 Å². The third kappa shape index (κ3) is 5.60. The van der Waals surface area contributed by atoms with E-state index in [1.165, 1.54) is 11.1 Å². The molecule has 2 fully saturated rings. The Morgan fingerprint density at radius 2 is 1.66 bits per heavy atom. The van der Waals surface area contributed by atoms with Gasteiger partial charge in [0.25, 0.3) is 0 Å². The predicted molar refractivity (Wildman–Crippen MR) is 145 cm³/mol. The van der Waals surface area contributed by atoms with Gasteiger partial charge in [-0.15, -0.1) is 0 Å². The highest BCUT2D eigenvalue weighted by molar-refractivity contribution is 5.99. The molecule has 0 aliphatic carbocycles. The molecule has 0 radical (unpaired) electrons. The number of halogens is 3. The van der Waals surface area contributed by atoms with Crippen molar-refractivity contribution >= 4 is 28.4 Å². The van der Waals surface area contributed by atoms with Crippen LogP contribution in [0.3, 0.4) is 0 Å². The number of aromatic amines is 1. The molecule has 2 aliphatic heterocycles. The van der Waals surface area contributed by atoms with E-state index >= 15 is 0 Å². The van der Waals surface area contributed by atoms with Crippen LogP contribution in [0.1, 0.15) is 30.1 Å². The third-order valence-electron chi connectivity index (χ3n) is 7.52. The molecule has 0 saturated carbocycles. The summed E-state index contributed by atoms with van der Waals surface area (Å²) in [4.78, 5) is 22.9. The molecule has 2 amide bonds. The first-order chi connectivity index (χ1) is 19.8. The smallest absolute Gasteiger partial charge is 0.396 e. The van der Waals surface area contributed by atoms with Crippen molar-refractivity contribution in [1.29, 1.82) is 0 Å². The summed E-state index contributed by atoms with van der Waals surface area (Å²) in [5.74, 6) is 0.116. The lowest BCUT2D eigenvalue weighted by Gasteiger charge is -2.41. The summed E-state index contributed by atoms with van der Waals surface area (Å²) in [5, 5.41) is 21.4. The number of benzene rings is 2. The molecule has 4 aromatic rings. The average Bonchev–Trinajstić information content (AvgIpc) is 3.50. The quantitative estimate of drug-likeness (QED) is 0.256. The predicted octanol–water partition coefficient (Wildman–Crippen LogP) is 4.67. The lowest BCUT2D eigenvalue weighted by Crippen LogP contribution is -2.52. The Balaban J connectivity index is 1.24. The van der Waals surface area contributed by atoms with Crippen molar-refractivity contribution in [1.82, 2.24) is 25.1 Å². The zero-order valence-corrected chi connectivity index (χ0v) is 21.9. The van der Waals surface area contributed by atoms with Gasteiger partial charge in [-0.25, -0.2) is 14.8 Å². The summed E-state index contributed by atoms with van der Waals surface area (Å²) >= 11 is 0. The van der Waals surface area contributed by atoms with Gasteiger partial charge in [0.15, 0.2) is 17.5 Å². The normalized spacial score (nSPS) is 19.8. The summed E-state index contributed by atoms with van der Waals surface area (Å²) < 4.78 is 49.6. The number of fused-ring (bicyclic) bond motifs is 3. The van der Waals surface area contributed by atoms with E-state index < -0.39 is 18.2 Å². The summed E-state index contributed by atoms with van der Waals surface area (Å²) in [6, 6.07) is 10.6. The van der Waals surface area contributed by atoms with Gasteiger partial charge in [-0.05, 0) is 61.2 Å². The molecule has 2 aromatic heterocycles. The minimum Gasteiger partial charge on any atom is -0.396 e. The number of urea groups is 1. The van der Waals surface area contributed by atoms with Crippen molar-refractivity contribution in [2.24, 2.45) is 0 Å². The Labute approximate surface area is 232 Å². The first kappa shape index (κ1) is 27.1. The fourth-order valence-corrected chi connectivity index (χ4v) is 5.62. The van der Waals surface area contributed by atoms with Crippen LogP contribution in [0.2, 0.25) is 0 Å². The molecule has 2 aromatic carbocycles. The molecule has 2 saturated heterocycles. The number of aromatic nitrogens is 4. The second-order valence-corrected chi connectivity index (χ2v) is 10.2. The lowest BCUT2D eigenvalue weighted by molar-refractivity contribution is -0.207. The largest absolute Gasteiger partial charge is 0.409 e. The molecular weight excluding hydrogens is 539 g/mol. The van der Waals surface area contributed by atoms with Crippen LogP contribution in [0.4, 0.5) is 29.3 Å². The molecule has 13 heteroatoms. The van der Waals surface area contributed by atoms with Crippen LogP contribution in [-0.4, -0.2) is 74.3 Å². The van der Waals surface area contributed by atoms with Gasteiger partial charge in [-0.1, -0.05) is 12.1 Å². The standard InChI is InChI=1S/C28H28F3N7O3/c29-28(30,31)24(38-20-9-10-21(38)15-41-14-20)23-22-13-32-37-26(22)36-25(35-23)17-3-7-19(8-4-17)34-27(40)33-18-5-1-16(2-6-18)11-12-39/h1-8,13,20-21,24,39H,9-12,14-15H2,(H2,33,34,40)(H,32,35,36,37). The summed E-state index contributed by atoms with van der Waals surface area (Å²) in [5.41, 5.74) is 2.57. The van der Waals surface area contributed by atoms with Gasteiger partial charge in [-0.2, -0.15) is 18.3 Å². The molecule has 0 spiro atoms. The number of hydrogen-bond acceptors (Lipinski definition) is 7. The maximum atomic E-state index is 14.7. The number of H-pyrrole nitrogens is 1. The molecular formula is C28H28F3N7O3. The number of hydrogen-bond donors (Lipinski definition) is 4. The Morgan fingerprint density at radius 1 is 1.02 bits per heavy atom. The van der Waals surface area contributed by atoms with Gasteiger partial charge in [0.2, 0.25) is 0 Å². The number of ether oxygens (including phenoxy) is 1. The maximum absolute atomic E-state index is 14.7. The lowest BCUT2D eigenvalue weighted by atomic mass is 10.0. The van der Waals surface area contributed by atoms with E-state index in [2.05, 4.69) is 30.8 Å². The van der Waals surface area contributed by atoms with Gasteiger partial charge in [0.05, 0.1) is 30.5 Å². The van der Waals surface area contributed by atoms with Crippen LogP contribution in [0.25, 0.3) is 22.4 Å². The Hall–Kier alpha value is -4.07. The summed E-state index contributed by atoms with van der Waals surface area (Å²) in [6.45, 7) is 0.558. The van der Waals surface area contributed by atoms with Crippen molar-refractivity contribution in [2.75, 3.05) is 30.5 Å². The van der Waals surface area contributed by atoms with Crippen molar-refractivity contribution in [3.8, 4) is 11.4 Å². The number of carbonyl (C=O) groups excluding carboxylic acids is 1. The topological polar surface area (TPSA) is 128 Å². The number of aliphatic hydroxyl groups excluding tert-OH is 1. The van der Waals surface area contributed by atoms with E-state index in [0.29, 0.717) is 36.2 Å². The number of nitrogens with zero attached hydrogens (tertiary/aromatic N) is 4. The van der Waals surface area contributed by atoms with E-state index in [0.717, 1.165) is 5.56 Å². The number of amides is 2. The number of nitrogens with one attached hydrogen (secondary N) is 3. The van der Waals surface area contributed by atoms with Gasteiger partial charge in [0, 0.05) is 35.6 Å². The van der Waals surface area contributed by atoms with Gasteiger partial charge < -0.3 is 20.5 Å². The Kier molecular flexibility index (Phi) is 7.32. The SMILES string of the molecule is O=C(Nc1ccc(CCO)cc1)Nc1ccc(-c2nc(C(N3C4CCC3COC4)C(F)(F)F)c3cn[nH]c3n2)cc1. The minimum absolute atomic E-state index is 0.0447. The van der Waals surface area contributed by atoms with Crippen LogP contribution in [-0.2, 0) is 11.2 Å². The van der Waals surface area contributed by atoms with Crippen molar-refractivity contribution in [3.05, 3.63) is 66.0 Å². The molecule has 10 nitrogen and oxygen atoms in total. The third-order valence-corrected chi connectivity index (χ3v) is 7.52. The first-order valence-corrected chi connectivity index (χ1v) is 13.3. The maximum Gasteiger partial charge on any atom is 0.409 e. The number of anilines is 2. The molecule has 4 N–H and O–H groups in total. The number of rotatable bonds is 7. The first-order valence-electron chi connectivity index (χ1n) is 13.3. The molecule has 4 heterocycles. The summed E-state index contributed by atoms with van der Waals surface area (Å²) in [6.07, 6.45) is -1.43. The highest BCUT2D eigenvalue weighted by Crippen LogP contribution is 2.46. The molecule has 6 rings (SSSR count). The van der Waals surface area contributed by atoms with Crippen LogP contribution in [0.5, 0.6) is 0 Å². The highest BCUT2D eigenvalue weighted by Gasteiger charge is 2.54. The zero-order chi connectivity index (χ0) is 28.6. The summed E-state index contributed by atoms with van der Waals surface area (Å²) in [7, 11) is 0. The van der Waals surface area contributed by atoms with E-state index in [9.17, 15) is 18.0 Å². The molecule has 3 unspecified atom stereocenters. The van der Waals surface area contributed by atoms with Gasteiger partial charge in [0.1, 0.15) is 0 Å². The second-order valence-electron chi connectivity index (χ2n) is 10.2. The van der Waals surface area contributed by atoms with E-state index in [4.69, 9.17) is 9.84 Å². The van der Waals surface area contributed by atoms with Crippen LogP contribution in [0, 0.1) is 0 Å². The van der Waals surface area contributed by atoms with Gasteiger partial charge in [-0.3, -0.25) is 10.00 Å².